The molecule has 2 rings (SSSR count). The molecular formula is C15H19N3O3S. The van der Waals surface area contributed by atoms with Crippen LogP contribution >= 0.6 is 0 Å². The van der Waals surface area contributed by atoms with Gasteiger partial charge in [-0.15, -0.1) is 0 Å². The van der Waals surface area contributed by atoms with E-state index in [0.29, 0.717) is 11.3 Å². The Morgan fingerprint density at radius 2 is 1.95 bits per heavy atom. The number of hydrogen-bond acceptors (Lipinski definition) is 4. The molecule has 1 aromatic heterocycles. The number of rotatable bonds is 6. The third kappa shape index (κ3) is 3.94. The molecule has 1 amide bonds. The van der Waals surface area contributed by atoms with Crippen LogP contribution in [0.3, 0.4) is 0 Å². The molecule has 22 heavy (non-hydrogen) atoms. The molecular weight excluding hydrogens is 302 g/mol. The Morgan fingerprint density at radius 3 is 2.59 bits per heavy atom. The second kappa shape index (κ2) is 6.74. The highest BCUT2D eigenvalue weighted by molar-refractivity contribution is 7.91. The average molecular weight is 321 g/mol. The van der Waals surface area contributed by atoms with Crippen molar-refractivity contribution < 1.29 is 13.2 Å². The number of carbonyl (C=O) groups is 1. The van der Waals surface area contributed by atoms with Crippen molar-refractivity contribution in [3.05, 3.63) is 47.8 Å². The van der Waals surface area contributed by atoms with Crippen molar-refractivity contribution in [2.24, 2.45) is 0 Å². The lowest BCUT2D eigenvalue weighted by Gasteiger charge is -2.04. The summed E-state index contributed by atoms with van der Waals surface area (Å²) in [6.45, 7) is 3.44. The molecule has 118 valence electrons. The summed E-state index contributed by atoms with van der Waals surface area (Å²) in [5.41, 5.74) is 1.90. The molecule has 0 aliphatic rings. The van der Waals surface area contributed by atoms with Crippen LogP contribution in [0.5, 0.6) is 0 Å². The minimum atomic E-state index is -3.08. The van der Waals surface area contributed by atoms with Crippen molar-refractivity contribution in [1.29, 1.82) is 0 Å². The standard InChI is InChI=1S/C15H19N3O3S/c1-3-22(20,21)10-9-16-15(19)14-11-18(17-12(14)2)13-7-5-4-6-8-13/h4-8,11H,3,9-10H2,1-2H3,(H,16,19). The molecule has 0 aliphatic carbocycles. The van der Waals surface area contributed by atoms with E-state index in [1.54, 1.807) is 24.7 Å². The minimum Gasteiger partial charge on any atom is -0.351 e. The number of sulfone groups is 1. The molecule has 0 atom stereocenters. The van der Waals surface area contributed by atoms with Crippen LogP contribution in [0.15, 0.2) is 36.5 Å². The van der Waals surface area contributed by atoms with Gasteiger partial charge in [0.1, 0.15) is 0 Å². The monoisotopic (exact) mass is 321 g/mol. The van der Waals surface area contributed by atoms with E-state index in [4.69, 9.17) is 0 Å². The van der Waals surface area contributed by atoms with Crippen LogP contribution in [0, 0.1) is 6.92 Å². The molecule has 2 aromatic rings. The van der Waals surface area contributed by atoms with Crippen LogP contribution in [-0.4, -0.2) is 42.2 Å². The molecule has 0 saturated heterocycles. The van der Waals surface area contributed by atoms with Gasteiger partial charge in [0.15, 0.2) is 9.84 Å². The molecule has 1 aromatic carbocycles. The Kier molecular flexibility index (Phi) is 4.97. The zero-order valence-electron chi connectivity index (χ0n) is 12.6. The summed E-state index contributed by atoms with van der Waals surface area (Å²) in [6.07, 6.45) is 1.65. The van der Waals surface area contributed by atoms with E-state index in [2.05, 4.69) is 10.4 Å². The summed E-state index contributed by atoms with van der Waals surface area (Å²) >= 11 is 0. The lowest BCUT2D eigenvalue weighted by molar-refractivity contribution is 0.0955. The number of hydrogen-bond donors (Lipinski definition) is 1. The SMILES string of the molecule is CCS(=O)(=O)CCNC(=O)c1cn(-c2ccccc2)nc1C. The Balaban J connectivity index is 2.06. The van der Waals surface area contributed by atoms with Crippen LogP contribution in [0.1, 0.15) is 23.0 Å². The smallest absolute Gasteiger partial charge is 0.254 e. The van der Waals surface area contributed by atoms with Gasteiger partial charge in [-0.3, -0.25) is 4.79 Å². The van der Waals surface area contributed by atoms with Crippen LogP contribution < -0.4 is 5.32 Å². The fraction of sp³-hybridized carbons (Fsp3) is 0.333. The van der Waals surface area contributed by atoms with Gasteiger partial charge in [0.2, 0.25) is 0 Å². The summed E-state index contributed by atoms with van der Waals surface area (Å²) in [6, 6.07) is 9.47. The normalized spacial score (nSPS) is 11.4. The summed E-state index contributed by atoms with van der Waals surface area (Å²) in [4.78, 5) is 12.1. The Morgan fingerprint density at radius 1 is 1.27 bits per heavy atom. The molecule has 0 radical (unpaired) electrons. The summed E-state index contributed by atoms with van der Waals surface area (Å²) in [7, 11) is -3.08. The molecule has 0 aliphatic heterocycles. The number of carbonyl (C=O) groups excluding carboxylic acids is 1. The van der Waals surface area contributed by atoms with Gasteiger partial charge in [0.05, 0.1) is 22.7 Å². The average Bonchev–Trinajstić information content (AvgIpc) is 2.90. The molecule has 0 unspecified atom stereocenters. The Bertz CT molecular complexity index is 752. The first-order valence-corrected chi connectivity index (χ1v) is 8.85. The van der Waals surface area contributed by atoms with E-state index in [1.165, 1.54) is 0 Å². The highest BCUT2D eigenvalue weighted by Crippen LogP contribution is 2.11. The van der Waals surface area contributed by atoms with Crippen LogP contribution in [0.4, 0.5) is 0 Å². The lowest BCUT2D eigenvalue weighted by Crippen LogP contribution is -2.29. The van der Waals surface area contributed by atoms with Gasteiger partial charge in [-0.2, -0.15) is 5.10 Å². The zero-order valence-corrected chi connectivity index (χ0v) is 13.4. The van der Waals surface area contributed by atoms with E-state index in [-0.39, 0.29) is 24.0 Å². The van der Waals surface area contributed by atoms with Crippen molar-refractivity contribution >= 4 is 15.7 Å². The number of benzene rings is 1. The van der Waals surface area contributed by atoms with Crippen molar-refractivity contribution in [1.82, 2.24) is 15.1 Å². The molecule has 0 saturated carbocycles. The summed E-state index contributed by atoms with van der Waals surface area (Å²) < 4.78 is 24.4. The van der Waals surface area contributed by atoms with Crippen LogP contribution in [-0.2, 0) is 9.84 Å². The predicted molar refractivity (Wildman–Crippen MR) is 85.0 cm³/mol. The Labute approximate surface area is 130 Å². The third-order valence-corrected chi connectivity index (χ3v) is 5.01. The van der Waals surface area contributed by atoms with Crippen LogP contribution in [0.25, 0.3) is 5.69 Å². The van der Waals surface area contributed by atoms with Crippen LogP contribution in [0.2, 0.25) is 0 Å². The van der Waals surface area contributed by atoms with Gasteiger partial charge >= 0.3 is 0 Å². The summed E-state index contributed by atoms with van der Waals surface area (Å²) in [5.74, 6) is -0.291. The number of aromatic nitrogens is 2. The lowest BCUT2D eigenvalue weighted by atomic mass is 10.2. The molecule has 1 N–H and O–H groups in total. The van der Waals surface area contributed by atoms with Gasteiger partial charge in [0, 0.05) is 18.5 Å². The van der Waals surface area contributed by atoms with Gasteiger partial charge in [-0.1, -0.05) is 25.1 Å². The molecule has 6 nitrogen and oxygen atoms in total. The number of nitrogens with zero attached hydrogens (tertiary/aromatic N) is 2. The first-order valence-electron chi connectivity index (χ1n) is 7.03. The van der Waals surface area contributed by atoms with Crippen molar-refractivity contribution in [3.63, 3.8) is 0 Å². The van der Waals surface area contributed by atoms with E-state index in [9.17, 15) is 13.2 Å². The fourth-order valence-electron chi connectivity index (χ4n) is 1.96. The first kappa shape index (κ1) is 16.2. The first-order chi connectivity index (χ1) is 10.4. The maximum Gasteiger partial charge on any atom is 0.254 e. The summed E-state index contributed by atoms with van der Waals surface area (Å²) in [5, 5.41) is 6.94. The molecule has 1 heterocycles. The van der Waals surface area contributed by atoms with E-state index < -0.39 is 9.84 Å². The van der Waals surface area contributed by atoms with Crippen molar-refractivity contribution in [2.45, 2.75) is 13.8 Å². The van der Waals surface area contributed by atoms with E-state index in [1.807, 2.05) is 30.3 Å². The third-order valence-electron chi connectivity index (χ3n) is 3.30. The van der Waals surface area contributed by atoms with E-state index >= 15 is 0 Å². The Hall–Kier alpha value is -2.15. The van der Waals surface area contributed by atoms with Gasteiger partial charge in [-0.25, -0.2) is 13.1 Å². The zero-order chi connectivity index (χ0) is 16.2. The largest absolute Gasteiger partial charge is 0.351 e. The number of aryl methyl sites for hydroxylation is 1. The number of para-hydroxylation sites is 1. The number of amides is 1. The minimum absolute atomic E-state index is 0.0545. The second-order valence-electron chi connectivity index (χ2n) is 4.90. The van der Waals surface area contributed by atoms with Gasteiger partial charge in [-0.05, 0) is 19.1 Å². The molecule has 0 bridgehead atoms. The quantitative estimate of drug-likeness (QED) is 0.870. The second-order valence-corrected chi connectivity index (χ2v) is 7.37. The van der Waals surface area contributed by atoms with Crippen molar-refractivity contribution in [2.75, 3.05) is 18.1 Å². The molecule has 0 fully saturated rings. The highest BCUT2D eigenvalue weighted by atomic mass is 32.2. The van der Waals surface area contributed by atoms with Crippen molar-refractivity contribution in [3.8, 4) is 5.69 Å². The van der Waals surface area contributed by atoms with E-state index in [0.717, 1.165) is 5.69 Å². The topological polar surface area (TPSA) is 81.1 Å². The highest BCUT2D eigenvalue weighted by Gasteiger charge is 2.15. The fourth-order valence-corrected chi connectivity index (χ4v) is 2.66. The maximum absolute atomic E-state index is 12.1. The molecule has 0 spiro atoms. The van der Waals surface area contributed by atoms with Gasteiger partial charge < -0.3 is 5.32 Å². The van der Waals surface area contributed by atoms with Gasteiger partial charge in [0.25, 0.3) is 5.91 Å². The number of nitrogens with one attached hydrogen (secondary N) is 1. The maximum atomic E-state index is 12.1. The predicted octanol–water partition coefficient (Wildman–Crippen LogP) is 1.35. The molecule has 7 heteroatoms.